The zero-order chi connectivity index (χ0) is 23.8. The first-order chi connectivity index (χ1) is 16.2. The first kappa shape index (κ1) is 22.3. The number of fused-ring (bicyclic) bond motifs is 6. The van der Waals surface area contributed by atoms with Crippen LogP contribution in [0.2, 0.25) is 0 Å². The van der Waals surface area contributed by atoms with Gasteiger partial charge < -0.3 is 35.2 Å². The highest BCUT2D eigenvalue weighted by atomic mass is 32.1. The number of benzene rings is 1. The molecule has 34 heavy (non-hydrogen) atoms. The third kappa shape index (κ3) is 3.44. The number of phenolic OH excluding ortho intramolecular Hbond substituents is 1. The molecule has 3 fully saturated rings. The van der Waals surface area contributed by atoms with Crippen LogP contribution in [0.3, 0.4) is 0 Å². The van der Waals surface area contributed by atoms with Crippen molar-refractivity contribution in [2.45, 2.75) is 36.7 Å². The molecule has 2 saturated heterocycles. The minimum absolute atomic E-state index is 0.0621. The summed E-state index contributed by atoms with van der Waals surface area (Å²) in [5, 5.41) is 27.9. The summed E-state index contributed by atoms with van der Waals surface area (Å²) in [5.74, 6) is -0.862. The van der Waals surface area contributed by atoms with Gasteiger partial charge in [0.05, 0.1) is 31.0 Å². The maximum atomic E-state index is 13.3. The number of phosphoric acid groups is 1. The predicted molar refractivity (Wildman–Crippen MR) is 117 cm³/mol. The second kappa shape index (κ2) is 7.92. The highest BCUT2D eigenvalue weighted by Gasteiger charge is 2.59. The largest absolute Gasteiger partial charge is 0.504 e. The number of aliphatic hydroxyl groups is 1. The first-order valence-electron chi connectivity index (χ1n) is 10.7. The molecule has 4 heterocycles. The molecule has 0 radical (unpaired) electrons. The van der Waals surface area contributed by atoms with Gasteiger partial charge >= 0.3 is 7.82 Å². The number of carbonyl (C=O) groups excluding carboxylic acids is 1. The molecule has 5 aliphatic rings. The van der Waals surface area contributed by atoms with Gasteiger partial charge in [0.25, 0.3) is 5.91 Å². The van der Waals surface area contributed by atoms with Crippen LogP contribution in [0.25, 0.3) is 0 Å². The Morgan fingerprint density at radius 1 is 1.32 bits per heavy atom. The Hall–Kier alpha value is -2.19. The van der Waals surface area contributed by atoms with Gasteiger partial charge in [-0.05, 0) is 30.3 Å². The van der Waals surface area contributed by atoms with Gasteiger partial charge in [0, 0.05) is 13.0 Å². The predicted octanol–water partition coefficient (Wildman–Crippen LogP) is -0.0158. The number of rotatable bonds is 3. The molecule has 1 unspecified atom stereocenters. The second-order valence-corrected chi connectivity index (χ2v) is 10.8. The van der Waals surface area contributed by atoms with Gasteiger partial charge in [-0.25, -0.2) is 9.46 Å². The molecule has 1 aliphatic carbocycles. The number of nitrogens with zero attached hydrogens (tertiary/aromatic N) is 2. The number of aliphatic hydroxyl groups excluding tert-OH is 1. The van der Waals surface area contributed by atoms with Gasteiger partial charge in [-0.2, -0.15) is 0 Å². The molecule has 4 aliphatic heterocycles. The van der Waals surface area contributed by atoms with Gasteiger partial charge in [-0.3, -0.25) is 18.4 Å². The number of ether oxygens (including phenoxy) is 2. The number of thiocarbonyl (C=S) groups is 1. The Labute approximate surface area is 199 Å². The van der Waals surface area contributed by atoms with Crippen LogP contribution in [-0.4, -0.2) is 89.3 Å². The van der Waals surface area contributed by atoms with Crippen molar-refractivity contribution < 1.29 is 42.6 Å². The highest BCUT2D eigenvalue weighted by Crippen LogP contribution is 2.62. The number of aromatic hydroxyl groups is 1. The van der Waals surface area contributed by atoms with Crippen molar-refractivity contribution in [3.05, 3.63) is 17.2 Å². The van der Waals surface area contributed by atoms with Crippen LogP contribution in [-0.2, 0) is 18.1 Å². The summed E-state index contributed by atoms with van der Waals surface area (Å²) < 4.78 is 40.8. The van der Waals surface area contributed by atoms with Gasteiger partial charge in [-0.1, -0.05) is 0 Å². The lowest BCUT2D eigenvalue weighted by molar-refractivity contribution is -0.0375. The number of phosphoric ester groups is 1. The molecule has 184 valence electrons. The summed E-state index contributed by atoms with van der Waals surface area (Å²) in [6.45, 7) is 0.724. The van der Waals surface area contributed by atoms with Gasteiger partial charge in [-0.15, -0.1) is 0 Å². The lowest BCUT2D eigenvalue weighted by Crippen LogP contribution is -2.60. The lowest BCUT2D eigenvalue weighted by Gasteiger charge is -2.43. The fourth-order valence-electron chi connectivity index (χ4n) is 5.10. The lowest BCUT2D eigenvalue weighted by atomic mass is 9.72. The van der Waals surface area contributed by atoms with E-state index in [4.69, 9.17) is 35.3 Å². The van der Waals surface area contributed by atoms with Crippen LogP contribution in [0, 0.1) is 0 Å². The number of phenols is 1. The first-order valence-corrected chi connectivity index (χ1v) is 12.6. The standard InChI is InChI=1S/C19H23N4O9PS/c1-22-5-23(4-20-19(22)34)6-30-33(27)31-15-10(24)2-9-8-3-11-16(29-7-28-11)14(25)12(8)18(26)21-13(9)17(15)32-33/h3,9-10,13,15,17,24-25H,2,4-7H2,1H3,(H,20,34)(H,21,26)/t9-,10+,13-,15-,17+,33?/m1/s1. The summed E-state index contributed by atoms with van der Waals surface area (Å²) in [6.07, 6.45) is -2.73. The van der Waals surface area contributed by atoms with E-state index < -0.39 is 44.0 Å². The van der Waals surface area contributed by atoms with Crippen LogP contribution < -0.4 is 20.1 Å². The van der Waals surface area contributed by atoms with Gasteiger partial charge in [0.1, 0.15) is 18.9 Å². The maximum Gasteiger partial charge on any atom is 0.476 e. The molecule has 6 rings (SSSR count). The number of hydrogen-bond donors (Lipinski definition) is 4. The average Bonchev–Trinajstić information content (AvgIpc) is 3.41. The van der Waals surface area contributed by atoms with Crippen LogP contribution in [0.4, 0.5) is 0 Å². The fraction of sp³-hybridized carbons (Fsp3) is 0.579. The van der Waals surface area contributed by atoms with Crippen LogP contribution in [0.1, 0.15) is 28.3 Å². The number of amides is 1. The Morgan fingerprint density at radius 3 is 2.91 bits per heavy atom. The molecule has 0 bridgehead atoms. The van der Waals surface area contributed by atoms with E-state index in [0.717, 1.165) is 0 Å². The molecule has 13 nitrogen and oxygen atoms in total. The highest BCUT2D eigenvalue weighted by molar-refractivity contribution is 7.80. The van der Waals surface area contributed by atoms with Crippen LogP contribution in [0.15, 0.2) is 6.07 Å². The molecule has 1 aromatic rings. The Morgan fingerprint density at radius 2 is 2.12 bits per heavy atom. The van der Waals surface area contributed by atoms with Crippen molar-refractivity contribution in [1.29, 1.82) is 0 Å². The minimum Gasteiger partial charge on any atom is -0.504 e. The quantitative estimate of drug-likeness (QED) is 0.316. The van der Waals surface area contributed by atoms with E-state index in [0.29, 0.717) is 29.8 Å². The van der Waals surface area contributed by atoms with E-state index in [9.17, 15) is 19.6 Å². The number of hydrogen-bond acceptors (Lipinski definition) is 11. The molecular formula is C19H23N4O9PS. The van der Waals surface area contributed by atoms with Crippen molar-refractivity contribution in [2.75, 3.05) is 33.9 Å². The molecule has 15 heteroatoms. The number of nitrogens with one attached hydrogen (secondary N) is 2. The van der Waals surface area contributed by atoms with E-state index in [1.807, 2.05) is 7.05 Å². The average molecular weight is 514 g/mol. The Balaban J connectivity index is 1.23. The monoisotopic (exact) mass is 514 g/mol. The van der Waals surface area contributed by atoms with Gasteiger partial charge in [0.15, 0.2) is 16.6 Å². The van der Waals surface area contributed by atoms with E-state index >= 15 is 0 Å². The van der Waals surface area contributed by atoms with Gasteiger partial charge in [0.2, 0.25) is 12.5 Å². The smallest absolute Gasteiger partial charge is 0.476 e. The third-order valence-electron chi connectivity index (χ3n) is 6.69. The van der Waals surface area contributed by atoms with Crippen molar-refractivity contribution in [2.24, 2.45) is 0 Å². The SMILES string of the molecule is CN1CN(COP2(=O)O[C@H]3[C@@H]4NC(=O)c5c(cc6c(c5O)OCO6)[C@H]4C[C@H](O)[C@H]3O2)CNC1=S. The zero-order valence-corrected chi connectivity index (χ0v) is 19.7. The molecule has 1 amide bonds. The second-order valence-electron chi connectivity index (χ2n) is 8.83. The summed E-state index contributed by atoms with van der Waals surface area (Å²) in [4.78, 5) is 16.5. The van der Waals surface area contributed by atoms with E-state index in [-0.39, 0.29) is 37.0 Å². The summed E-state index contributed by atoms with van der Waals surface area (Å²) in [7, 11) is -2.22. The molecular weight excluding hydrogens is 491 g/mol. The maximum absolute atomic E-state index is 13.3. The van der Waals surface area contributed by atoms with Crippen LogP contribution >= 0.6 is 20.0 Å². The molecule has 0 spiro atoms. The molecule has 1 aromatic carbocycles. The minimum atomic E-state index is -4.03. The summed E-state index contributed by atoms with van der Waals surface area (Å²) in [6, 6.07) is 0.976. The number of carbonyl (C=O) groups is 1. The molecule has 4 N–H and O–H groups in total. The molecule has 6 atom stereocenters. The molecule has 1 saturated carbocycles. The van der Waals surface area contributed by atoms with Crippen molar-refractivity contribution in [3.8, 4) is 17.2 Å². The van der Waals surface area contributed by atoms with Crippen molar-refractivity contribution in [1.82, 2.24) is 20.4 Å². The third-order valence-corrected chi connectivity index (χ3v) is 8.58. The van der Waals surface area contributed by atoms with Crippen molar-refractivity contribution >= 4 is 31.1 Å². The van der Waals surface area contributed by atoms with E-state index in [2.05, 4.69) is 10.6 Å². The zero-order valence-electron chi connectivity index (χ0n) is 18.0. The van der Waals surface area contributed by atoms with E-state index in [1.54, 1.807) is 15.9 Å². The fourth-order valence-corrected chi connectivity index (χ4v) is 6.81. The Kier molecular flexibility index (Phi) is 5.19. The topological polar surface area (TPSA) is 151 Å². The van der Waals surface area contributed by atoms with Crippen LogP contribution in [0.5, 0.6) is 17.2 Å². The Bertz CT molecular complexity index is 1120. The summed E-state index contributed by atoms with van der Waals surface area (Å²) in [5.41, 5.74) is 0.562. The normalized spacial score (nSPS) is 36.4. The van der Waals surface area contributed by atoms with Crippen molar-refractivity contribution in [3.63, 3.8) is 0 Å². The molecule has 0 aromatic heterocycles. The van der Waals surface area contributed by atoms with E-state index in [1.165, 1.54) is 0 Å². The summed E-state index contributed by atoms with van der Waals surface area (Å²) >= 11 is 5.15.